The number of aliphatic hydroxyl groups excluding tert-OH is 1. The first-order valence-electron chi connectivity index (χ1n) is 12.7. The van der Waals surface area contributed by atoms with Gasteiger partial charge in [0.15, 0.2) is 5.69 Å². The van der Waals surface area contributed by atoms with Crippen molar-refractivity contribution >= 4 is 10.0 Å². The summed E-state index contributed by atoms with van der Waals surface area (Å²) in [6.07, 6.45) is -0.574. The van der Waals surface area contributed by atoms with Gasteiger partial charge in [-0.2, -0.15) is 22.6 Å². The molecule has 2 aliphatic rings. The topological polar surface area (TPSA) is 78.7 Å². The maximum absolute atomic E-state index is 13.6. The van der Waals surface area contributed by atoms with E-state index in [0.29, 0.717) is 6.54 Å². The van der Waals surface area contributed by atoms with Crippen LogP contribution in [-0.2, 0) is 23.2 Å². The number of benzene rings is 2. The summed E-state index contributed by atoms with van der Waals surface area (Å²) in [4.78, 5) is 1.15. The highest BCUT2D eigenvalue weighted by atomic mass is 32.2. The van der Waals surface area contributed by atoms with Crippen LogP contribution in [0.4, 0.5) is 13.2 Å². The van der Waals surface area contributed by atoms with Crippen molar-refractivity contribution in [2.24, 2.45) is 7.05 Å². The van der Waals surface area contributed by atoms with Crippen LogP contribution < -0.4 is 0 Å². The van der Waals surface area contributed by atoms with Crippen molar-refractivity contribution < 1.29 is 26.7 Å². The number of aliphatic hydroxyl groups is 1. The molecular formula is C28H31F3N4O3S. The number of halogens is 3. The fourth-order valence-corrected chi connectivity index (χ4v) is 7.37. The van der Waals surface area contributed by atoms with Crippen molar-refractivity contribution in [3.8, 4) is 11.1 Å². The van der Waals surface area contributed by atoms with Crippen molar-refractivity contribution in [1.29, 1.82) is 0 Å². The second-order valence-electron chi connectivity index (χ2n) is 10.2. The van der Waals surface area contributed by atoms with E-state index in [9.17, 15) is 26.7 Å². The average molecular weight is 561 g/mol. The minimum atomic E-state index is -4.91. The van der Waals surface area contributed by atoms with Crippen LogP contribution in [0, 0.1) is 13.8 Å². The Hall–Kier alpha value is -2.99. The van der Waals surface area contributed by atoms with E-state index in [1.807, 2.05) is 35.2 Å². The van der Waals surface area contributed by atoms with Crippen molar-refractivity contribution in [3.05, 3.63) is 83.2 Å². The van der Waals surface area contributed by atoms with Crippen LogP contribution in [-0.4, -0.2) is 70.8 Å². The van der Waals surface area contributed by atoms with Gasteiger partial charge in [0.1, 0.15) is 4.90 Å². The van der Waals surface area contributed by atoms with Crippen molar-refractivity contribution in [2.75, 3.05) is 26.2 Å². The Bertz CT molecular complexity index is 1500. The maximum atomic E-state index is 13.6. The van der Waals surface area contributed by atoms with Gasteiger partial charge in [-0.1, -0.05) is 54.6 Å². The quantitative estimate of drug-likeness (QED) is 0.476. The number of alkyl halides is 3. The zero-order valence-electron chi connectivity index (χ0n) is 21.9. The summed E-state index contributed by atoms with van der Waals surface area (Å²) in [5, 5.41) is 13.6. The SMILES string of the molecule is Cc1cccc(-c2ccc([C@@H]3[C@@H](CO)N4C/C=C\CN(S(=O)(=O)c5cn(C)nc5C(F)(F)F)C[C@@H]34)cc2)c1C. The summed E-state index contributed by atoms with van der Waals surface area (Å²) in [6, 6.07) is 13.6. The highest BCUT2D eigenvalue weighted by Crippen LogP contribution is 2.43. The van der Waals surface area contributed by atoms with E-state index in [-0.39, 0.29) is 37.7 Å². The van der Waals surface area contributed by atoms with Gasteiger partial charge >= 0.3 is 6.18 Å². The van der Waals surface area contributed by atoms with Crippen LogP contribution in [0.25, 0.3) is 11.1 Å². The smallest absolute Gasteiger partial charge is 0.395 e. The van der Waals surface area contributed by atoms with Crippen molar-refractivity contribution in [1.82, 2.24) is 19.0 Å². The lowest BCUT2D eigenvalue weighted by molar-refractivity contribution is -0.143. The normalized spacial score (nSPS) is 23.5. The first-order chi connectivity index (χ1) is 18.4. The molecule has 39 heavy (non-hydrogen) atoms. The molecule has 2 aliphatic heterocycles. The molecule has 208 valence electrons. The third-order valence-electron chi connectivity index (χ3n) is 7.94. The molecule has 0 aliphatic carbocycles. The van der Waals surface area contributed by atoms with Gasteiger partial charge in [0.25, 0.3) is 0 Å². The lowest BCUT2D eigenvalue weighted by Gasteiger charge is -2.56. The summed E-state index contributed by atoms with van der Waals surface area (Å²) < 4.78 is 69.9. The molecule has 7 nitrogen and oxygen atoms in total. The molecule has 0 spiro atoms. The summed E-state index contributed by atoms with van der Waals surface area (Å²) in [5.74, 6) is -0.192. The Morgan fingerprint density at radius 3 is 2.41 bits per heavy atom. The summed E-state index contributed by atoms with van der Waals surface area (Å²) >= 11 is 0. The van der Waals surface area contributed by atoms with Crippen molar-refractivity contribution in [3.63, 3.8) is 0 Å². The van der Waals surface area contributed by atoms with Gasteiger partial charge in [0.2, 0.25) is 10.0 Å². The Kier molecular flexibility index (Phi) is 7.21. The van der Waals surface area contributed by atoms with Gasteiger partial charge in [0, 0.05) is 50.9 Å². The second-order valence-corrected chi connectivity index (χ2v) is 12.1. The van der Waals surface area contributed by atoms with Gasteiger partial charge < -0.3 is 5.11 Å². The van der Waals surface area contributed by atoms with Crippen LogP contribution in [0.15, 0.2) is 65.7 Å². The lowest BCUT2D eigenvalue weighted by Crippen LogP contribution is -2.67. The fourth-order valence-electron chi connectivity index (χ4n) is 5.77. The number of hydrogen-bond donors (Lipinski definition) is 1. The first kappa shape index (κ1) is 27.6. The van der Waals surface area contributed by atoms with E-state index >= 15 is 0 Å². The predicted molar refractivity (Wildman–Crippen MR) is 142 cm³/mol. The van der Waals surface area contributed by atoms with Gasteiger partial charge in [-0.3, -0.25) is 9.58 Å². The third-order valence-corrected chi connectivity index (χ3v) is 9.78. The van der Waals surface area contributed by atoms with E-state index in [0.717, 1.165) is 31.9 Å². The number of nitrogens with zero attached hydrogens (tertiary/aromatic N) is 4. The zero-order chi connectivity index (χ0) is 28.1. The lowest BCUT2D eigenvalue weighted by atomic mass is 9.74. The minimum Gasteiger partial charge on any atom is -0.395 e. The Labute approximate surface area is 226 Å². The molecule has 0 unspecified atom stereocenters. The summed E-state index contributed by atoms with van der Waals surface area (Å²) in [6.45, 7) is 4.46. The summed E-state index contributed by atoms with van der Waals surface area (Å²) in [5.41, 5.74) is 4.09. The monoisotopic (exact) mass is 560 g/mol. The number of hydrogen-bond acceptors (Lipinski definition) is 5. The highest BCUT2D eigenvalue weighted by molar-refractivity contribution is 7.89. The van der Waals surface area contributed by atoms with Crippen molar-refractivity contribution in [2.45, 2.75) is 42.9 Å². The Balaban J connectivity index is 1.47. The number of rotatable bonds is 5. The number of aromatic nitrogens is 2. The largest absolute Gasteiger partial charge is 0.436 e. The maximum Gasteiger partial charge on any atom is 0.436 e. The number of fused-ring (bicyclic) bond motifs is 1. The van der Waals surface area contributed by atoms with Gasteiger partial charge in [0.05, 0.1) is 6.61 Å². The molecule has 3 aromatic rings. The van der Waals surface area contributed by atoms with E-state index in [2.05, 4.69) is 31.1 Å². The average Bonchev–Trinajstić information content (AvgIpc) is 3.28. The van der Waals surface area contributed by atoms with E-state index in [1.54, 1.807) is 12.2 Å². The van der Waals surface area contributed by atoms with E-state index in [4.69, 9.17) is 0 Å². The van der Waals surface area contributed by atoms with Gasteiger partial charge in [-0.15, -0.1) is 0 Å². The highest BCUT2D eigenvalue weighted by Gasteiger charge is 2.51. The van der Waals surface area contributed by atoms with Crippen LogP contribution in [0.5, 0.6) is 0 Å². The molecule has 3 atom stereocenters. The Morgan fingerprint density at radius 1 is 1.05 bits per heavy atom. The molecule has 0 radical (unpaired) electrons. The van der Waals surface area contributed by atoms with Gasteiger partial charge in [-0.05, 0) is 41.7 Å². The zero-order valence-corrected chi connectivity index (χ0v) is 22.7. The number of aryl methyl sites for hydroxylation is 2. The second kappa shape index (κ2) is 10.2. The molecule has 2 aromatic carbocycles. The molecule has 1 saturated heterocycles. The molecule has 1 fully saturated rings. The fraction of sp³-hybridized carbons (Fsp3) is 0.393. The minimum absolute atomic E-state index is 0.0151. The molecular weight excluding hydrogens is 529 g/mol. The molecule has 5 rings (SSSR count). The molecule has 3 heterocycles. The van der Waals surface area contributed by atoms with Crippen LogP contribution in [0.3, 0.4) is 0 Å². The molecule has 1 aromatic heterocycles. The van der Waals surface area contributed by atoms with Crippen LogP contribution in [0.2, 0.25) is 0 Å². The molecule has 0 bridgehead atoms. The van der Waals surface area contributed by atoms with E-state index < -0.39 is 26.8 Å². The van der Waals surface area contributed by atoms with Crippen LogP contribution >= 0.6 is 0 Å². The number of sulfonamides is 1. The first-order valence-corrected chi connectivity index (χ1v) is 14.2. The molecule has 0 amide bonds. The third kappa shape index (κ3) is 4.93. The molecule has 0 saturated carbocycles. The van der Waals surface area contributed by atoms with Crippen LogP contribution in [0.1, 0.15) is 28.3 Å². The predicted octanol–water partition coefficient (Wildman–Crippen LogP) is 4.11. The molecule has 1 N–H and O–H groups in total. The van der Waals surface area contributed by atoms with Gasteiger partial charge in [-0.25, -0.2) is 8.42 Å². The Morgan fingerprint density at radius 2 is 1.74 bits per heavy atom. The summed E-state index contributed by atoms with van der Waals surface area (Å²) in [7, 11) is -3.25. The standard InChI is InChI=1S/C28H31F3N4O3S/c1-18-7-6-8-22(19(18)2)20-9-11-21(12-10-20)26-23-15-34(13-4-5-14-35(23)24(26)17-36)39(37,38)25-16-33(3)32-27(25)28(29,30)31/h4-12,16,23-24,26,36H,13-15,17H2,1-3H3/b5-4-/t23-,24+,26-/m0/s1. The van der Waals surface area contributed by atoms with E-state index in [1.165, 1.54) is 18.2 Å². The molecule has 11 heteroatoms.